The molecule has 1 rings (SSSR count). The molecule has 1 heterocycles. The molecule has 0 aromatic rings. The van der Waals surface area contributed by atoms with Crippen LogP contribution >= 0.6 is 0 Å². The molecule has 424 valence electrons. The minimum Gasteiger partial charge on any atom is -0.394 e. The number of rotatable bonds is 52. The number of carbonyl (C=O) groups is 1. The van der Waals surface area contributed by atoms with Crippen molar-refractivity contribution in [3.8, 4) is 0 Å². The van der Waals surface area contributed by atoms with Gasteiger partial charge in [-0.05, 0) is 77.0 Å². The molecule has 1 aliphatic heterocycles. The lowest BCUT2D eigenvalue weighted by Crippen LogP contribution is -2.60. The molecule has 11 nitrogen and oxygen atoms in total. The Morgan fingerprint density at radius 3 is 1.25 bits per heavy atom. The van der Waals surface area contributed by atoms with Crippen LogP contribution in [0.3, 0.4) is 0 Å². The summed E-state index contributed by atoms with van der Waals surface area (Å²) in [6.45, 7) is 3.42. The van der Waals surface area contributed by atoms with Crippen LogP contribution in [0.25, 0.3) is 0 Å². The molecule has 9 unspecified atom stereocenters. The van der Waals surface area contributed by atoms with Gasteiger partial charge in [0, 0.05) is 0 Å². The molecule has 0 aliphatic carbocycles. The summed E-state index contributed by atoms with van der Waals surface area (Å²) in [5, 5.41) is 76.0. The van der Waals surface area contributed by atoms with Gasteiger partial charge in [-0.3, -0.25) is 4.79 Å². The Morgan fingerprint density at radius 2 is 0.833 bits per heavy atom. The minimum atomic E-state index is -1.67. The summed E-state index contributed by atoms with van der Waals surface area (Å²) >= 11 is 0. The third-order valence-corrected chi connectivity index (χ3v) is 14.6. The molecule has 1 saturated heterocycles. The number of allylic oxidation sites excluding steroid dienone is 6. The molecule has 0 saturated carbocycles. The van der Waals surface area contributed by atoms with Crippen LogP contribution in [0.1, 0.15) is 277 Å². The number of hydrogen-bond donors (Lipinski definition) is 8. The number of amides is 1. The second-order valence-electron chi connectivity index (χ2n) is 21.4. The van der Waals surface area contributed by atoms with Crippen molar-refractivity contribution < 1.29 is 50.0 Å². The Bertz CT molecular complexity index is 1260. The summed E-state index contributed by atoms with van der Waals surface area (Å²) in [5.74, 6) is -0.708. The molecule has 0 radical (unpaired) electrons. The van der Waals surface area contributed by atoms with E-state index in [9.17, 15) is 40.5 Å². The van der Waals surface area contributed by atoms with Crippen molar-refractivity contribution in [3.63, 3.8) is 0 Å². The Morgan fingerprint density at radius 1 is 0.472 bits per heavy atom. The molecule has 0 spiro atoms. The van der Waals surface area contributed by atoms with Gasteiger partial charge in [0.2, 0.25) is 5.91 Å². The molecule has 9 atom stereocenters. The van der Waals surface area contributed by atoms with E-state index in [4.69, 9.17) is 9.47 Å². The number of hydrogen-bond acceptors (Lipinski definition) is 10. The van der Waals surface area contributed by atoms with Crippen molar-refractivity contribution in [1.82, 2.24) is 5.32 Å². The Kier molecular flexibility index (Phi) is 47.6. The van der Waals surface area contributed by atoms with Crippen LogP contribution in [0.2, 0.25) is 0 Å². The second-order valence-corrected chi connectivity index (χ2v) is 21.4. The van der Waals surface area contributed by atoms with E-state index in [1.54, 1.807) is 0 Å². The van der Waals surface area contributed by atoms with E-state index in [2.05, 4.69) is 55.6 Å². The predicted molar refractivity (Wildman–Crippen MR) is 298 cm³/mol. The third kappa shape index (κ3) is 38.0. The normalized spacial score (nSPS) is 20.3. The number of carbonyl (C=O) groups excluding carboxylic acids is 1. The lowest BCUT2D eigenvalue weighted by atomic mass is 9.98. The van der Waals surface area contributed by atoms with E-state index in [1.807, 2.05) is 0 Å². The monoisotopic (exact) mass is 1020 g/mol. The summed E-state index contributed by atoms with van der Waals surface area (Å²) in [6.07, 6.45) is 50.9. The Hall–Kier alpha value is -1.67. The summed E-state index contributed by atoms with van der Waals surface area (Å²) in [7, 11) is 0. The molecule has 11 heteroatoms. The molecule has 72 heavy (non-hydrogen) atoms. The van der Waals surface area contributed by atoms with Gasteiger partial charge < -0.3 is 50.5 Å². The number of aliphatic hydroxyl groups excluding tert-OH is 7. The van der Waals surface area contributed by atoms with Crippen molar-refractivity contribution >= 4 is 5.91 Å². The SMILES string of the molecule is CCCCCC/C=C/CC/C=C/CCCC(O)C(O)C(COC1OC(CO)C(O)C(O)C1O)NC(=O)C(O)CCCCCCCCCCCCCCCCCC/C=C\CCCCCCCCCCCCCC. The summed E-state index contributed by atoms with van der Waals surface area (Å²) in [4.78, 5) is 13.2. The van der Waals surface area contributed by atoms with E-state index in [0.717, 1.165) is 38.5 Å². The highest BCUT2D eigenvalue weighted by Gasteiger charge is 2.44. The first kappa shape index (κ1) is 68.3. The molecule has 1 fully saturated rings. The lowest BCUT2D eigenvalue weighted by Gasteiger charge is -2.40. The first-order chi connectivity index (χ1) is 35.2. The van der Waals surface area contributed by atoms with Gasteiger partial charge >= 0.3 is 0 Å². The molecular formula is C61H115NO10. The number of unbranched alkanes of at least 4 members (excludes halogenated alkanes) is 34. The van der Waals surface area contributed by atoms with E-state index >= 15 is 0 Å². The van der Waals surface area contributed by atoms with Gasteiger partial charge in [0.25, 0.3) is 0 Å². The van der Waals surface area contributed by atoms with Gasteiger partial charge in [-0.25, -0.2) is 0 Å². The molecule has 0 aromatic heterocycles. The van der Waals surface area contributed by atoms with Crippen molar-refractivity contribution in [2.45, 2.75) is 332 Å². The fourth-order valence-electron chi connectivity index (χ4n) is 9.69. The van der Waals surface area contributed by atoms with E-state index in [-0.39, 0.29) is 12.8 Å². The molecule has 1 aliphatic rings. The van der Waals surface area contributed by atoms with Gasteiger partial charge in [0.1, 0.15) is 36.6 Å². The first-order valence-corrected chi connectivity index (χ1v) is 30.4. The topological polar surface area (TPSA) is 189 Å². The zero-order valence-electron chi connectivity index (χ0n) is 46.4. The quantitative estimate of drug-likeness (QED) is 0.0215. The maximum absolute atomic E-state index is 13.2. The van der Waals surface area contributed by atoms with Gasteiger partial charge in [0.05, 0.1) is 25.4 Å². The highest BCUT2D eigenvalue weighted by molar-refractivity contribution is 5.80. The number of aliphatic hydroxyl groups is 7. The lowest BCUT2D eigenvalue weighted by molar-refractivity contribution is -0.303. The maximum atomic E-state index is 13.2. The maximum Gasteiger partial charge on any atom is 0.249 e. The Balaban J connectivity index is 2.19. The van der Waals surface area contributed by atoms with Gasteiger partial charge in [0.15, 0.2) is 6.29 Å². The van der Waals surface area contributed by atoms with Crippen molar-refractivity contribution in [1.29, 1.82) is 0 Å². The highest BCUT2D eigenvalue weighted by atomic mass is 16.7. The van der Waals surface area contributed by atoms with Crippen molar-refractivity contribution in [3.05, 3.63) is 36.5 Å². The van der Waals surface area contributed by atoms with Crippen LogP contribution < -0.4 is 5.32 Å². The number of ether oxygens (including phenoxy) is 2. The van der Waals surface area contributed by atoms with Gasteiger partial charge in [-0.15, -0.1) is 0 Å². The van der Waals surface area contributed by atoms with Crippen LogP contribution in [-0.4, -0.2) is 110 Å². The highest BCUT2D eigenvalue weighted by Crippen LogP contribution is 2.23. The largest absolute Gasteiger partial charge is 0.394 e. The molecule has 0 bridgehead atoms. The van der Waals surface area contributed by atoms with Crippen molar-refractivity contribution in [2.75, 3.05) is 13.2 Å². The van der Waals surface area contributed by atoms with Crippen LogP contribution in [0, 0.1) is 0 Å². The van der Waals surface area contributed by atoms with E-state index in [1.165, 1.54) is 193 Å². The van der Waals surface area contributed by atoms with Crippen LogP contribution in [0.15, 0.2) is 36.5 Å². The fourth-order valence-corrected chi connectivity index (χ4v) is 9.69. The van der Waals surface area contributed by atoms with Gasteiger partial charge in [-0.2, -0.15) is 0 Å². The first-order valence-electron chi connectivity index (χ1n) is 30.4. The van der Waals surface area contributed by atoms with Crippen molar-refractivity contribution in [2.24, 2.45) is 0 Å². The standard InChI is InChI=1S/C61H115NO10/c1-3-5-7-9-11-13-15-17-18-19-20-21-22-23-24-25-26-27-28-29-30-31-32-33-34-35-37-39-41-43-45-47-49-54(65)60(70)62-52(51-71-61-59(69)58(68)57(67)55(50-63)72-61)56(66)53(64)48-46-44-42-40-38-36-16-14-12-10-8-6-4-2/h14,16,23-24,40,42,52-59,61,63-69H,3-13,15,17-22,25-39,41,43-51H2,1-2H3,(H,62,70)/b16-14+,24-23-,42-40+. The summed E-state index contributed by atoms with van der Waals surface area (Å²) in [5.41, 5.74) is 0. The van der Waals surface area contributed by atoms with Crippen LogP contribution in [0.4, 0.5) is 0 Å². The summed E-state index contributed by atoms with van der Waals surface area (Å²) < 4.78 is 11.1. The van der Waals surface area contributed by atoms with Gasteiger partial charge in [-0.1, -0.05) is 237 Å². The van der Waals surface area contributed by atoms with Crippen LogP contribution in [0.5, 0.6) is 0 Å². The molecule has 8 N–H and O–H groups in total. The van der Waals surface area contributed by atoms with E-state index < -0.39 is 74.2 Å². The Labute approximate surface area is 441 Å². The third-order valence-electron chi connectivity index (χ3n) is 14.6. The zero-order chi connectivity index (χ0) is 52.5. The average Bonchev–Trinajstić information content (AvgIpc) is 3.38. The summed E-state index contributed by atoms with van der Waals surface area (Å²) in [6, 6.07) is -1.19. The van der Waals surface area contributed by atoms with Crippen LogP contribution in [-0.2, 0) is 14.3 Å². The fraction of sp³-hybridized carbons (Fsp3) is 0.885. The predicted octanol–water partition coefficient (Wildman–Crippen LogP) is 13.1. The second kappa shape index (κ2) is 50.2. The number of nitrogens with one attached hydrogen (secondary N) is 1. The average molecular weight is 1020 g/mol. The molecule has 0 aromatic carbocycles. The molecule has 1 amide bonds. The smallest absolute Gasteiger partial charge is 0.249 e. The van der Waals surface area contributed by atoms with E-state index in [0.29, 0.717) is 19.3 Å². The molecular weight excluding hydrogens is 907 g/mol. The minimum absolute atomic E-state index is 0.246. The zero-order valence-corrected chi connectivity index (χ0v) is 46.4.